The predicted octanol–water partition coefficient (Wildman–Crippen LogP) is 2.63. The number of alkyl carbamates (subject to hydrolysis) is 1. The molecule has 0 bridgehead atoms. The van der Waals surface area contributed by atoms with Gasteiger partial charge in [0.05, 0.1) is 6.04 Å². The Bertz CT molecular complexity index is 450. The second-order valence-electron chi connectivity index (χ2n) is 4.43. The lowest BCUT2D eigenvalue weighted by atomic mass is 10.1. The Kier molecular flexibility index (Phi) is 4.49. The summed E-state index contributed by atoms with van der Waals surface area (Å²) in [6.07, 6.45) is -7.22. The van der Waals surface area contributed by atoms with Crippen molar-refractivity contribution in [2.24, 2.45) is 0 Å². The van der Waals surface area contributed by atoms with Crippen molar-refractivity contribution < 1.29 is 27.4 Å². The maximum Gasteiger partial charge on any atom is 0.416 e. The van der Waals surface area contributed by atoms with Gasteiger partial charge in [0.2, 0.25) is 0 Å². The molecule has 1 heterocycles. The Morgan fingerprint density at radius 1 is 1.35 bits per heavy atom. The van der Waals surface area contributed by atoms with Gasteiger partial charge >= 0.3 is 12.3 Å². The molecular weight excluding hydrogens is 275 g/mol. The van der Waals surface area contributed by atoms with Gasteiger partial charge in [-0.25, -0.2) is 4.79 Å². The summed E-state index contributed by atoms with van der Waals surface area (Å²) in [6, 6.07) is 7.78. The Morgan fingerprint density at radius 2 is 2.05 bits per heavy atom. The molecule has 4 nitrogen and oxygen atoms in total. The van der Waals surface area contributed by atoms with Gasteiger partial charge in [-0.05, 0) is 12.0 Å². The van der Waals surface area contributed by atoms with Crippen molar-refractivity contribution in [3.63, 3.8) is 0 Å². The van der Waals surface area contributed by atoms with E-state index in [-0.39, 0.29) is 19.6 Å². The highest BCUT2D eigenvalue weighted by atomic mass is 19.4. The van der Waals surface area contributed by atoms with Crippen LogP contribution in [0.25, 0.3) is 0 Å². The fourth-order valence-electron chi connectivity index (χ4n) is 1.98. The average Bonchev–Trinajstić information content (AvgIpc) is 2.86. The zero-order valence-electron chi connectivity index (χ0n) is 10.5. The first-order valence-corrected chi connectivity index (χ1v) is 6.12. The maximum absolute atomic E-state index is 12.6. The third-order valence-corrected chi connectivity index (χ3v) is 2.93. The summed E-state index contributed by atoms with van der Waals surface area (Å²) in [5.74, 6) is 0. The summed E-state index contributed by atoms with van der Waals surface area (Å²) in [5, 5.41) is 2.20. The van der Waals surface area contributed by atoms with Crippen LogP contribution in [0.1, 0.15) is 12.0 Å². The number of alkyl halides is 3. The number of halogens is 3. The predicted molar refractivity (Wildman–Crippen MR) is 64.0 cm³/mol. The molecular formula is C13H14F3NO3. The molecule has 7 heteroatoms. The Hall–Kier alpha value is -1.76. The summed E-state index contributed by atoms with van der Waals surface area (Å²) < 4.78 is 47.3. The van der Waals surface area contributed by atoms with E-state index in [0.717, 1.165) is 5.56 Å². The number of rotatable bonds is 3. The lowest BCUT2D eigenvalue weighted by Crippen LogP contribution is -2.47. The van der Waals surface area contributed by atoms with E-state index in [1.165, 1.54) is 0 Å². The average molecular weight is 289 g/mol. The van der Waals surface area contributed by atoms with E-state index in [1.807, 2.05) is 6.07 Å². The van der Waals surface area contributed by atoms with Gasteiger partial charge < -0.3 is 14.8 Å². The topological polar surface area (TPSA) is 47.6 Å². The fraction of sp³-hybridized carbons (Fsp3) is 0.462. The second-order valence-corrected chi connectivity index (χ2v) is 4.43. The zero-order chi connectivity index (χ0) is 14.6. The van der Waals surface area contributed by atoms with E-state index >= 15 is 0 Å². The number of ether oxygens (including phenoxy) is 2. The number of benzene rings is 1. The largest absolute Gasteiger partial charge is 0.445 e. The van der Waals surface area contributed by atoms with E-state index < -0.39 is 24.4 Å². The SMILES string of the molecule is O=C(NC1CCOC1C(F)(F)F)OCc1ccccc1. The minimum absolute atomic E-state index is 0.0108. The lowest BCUT2D eigenvalue weighted by molar-refractivity contribution is -0.210. The maximum atomic E-state index is 12.6. The molecule has 0 spiro atoms. The molecule has 0 saturated carbocycles. The van der Waals surface area contributed by atoms with Gasteiger partial charge in [0, 0.05) is 6.61 Å². The number of hydrogen-bond acceptors (Lipinski definition) is 3. The quantitative estimate of drug-likeness (QED) is 0.930. The van der Waals surface area contributed by atoms with E-state index in [0.29, 0.717) is 0 Å². The monoisotopic (exact) mass is 289 g/mol. The van der Waals surface area contributed by atoms with Crippen molar-refractivity contribution in [2.45, 2.75) is 31.3 Å². The molecule has 110 valence electrons. The summed E-state index contributed by atoms with van der Waals surface area (Å²) in [5.41, 5.74) is 0.762. The Balaban J connectivity index is 1.82. The first kappa shape index (κ1) is 14.6. The normalized spacial score (nSPS) is 22.6. The molecule has 1 saturated heterocycles. The van der Waals surface area contributed by atoms with E-state index in [9.17, 15) is 18.0 Å². The van der Waals surface area contributed by atoms with Crippen molar-refractivity contribution in [2.75, 3.05) is 6.61 Å². The molecule has 20 heavy (non-hydrogen) atoms. The Morgan fingerprint density at radius 3 is 2.70 bits per heavy atom. The van der Waals surface area contributed by atoms with Crippen LogP contribution in [0, 0.1) is 0 Å². The number of nitrogens with one attached hydrogen (secondary N) is 1. The summed E-state index contributed by atoms with van der Waals surface area (Å²) in [4.78, 5) is 11.5. The molecule has 1 amide bonds. The van der Waals surface area contributed by atoms with Crippen molar-refractivity contribution in [1.82, 2.24) is 5.32 Å². The molecule has 1 aliphatic rings. The third kappa shape index (κ3) is 3.86. The van der Waals surface area contributed by atoms with Gasteiger partial charge in [0.25, 0.3) is 0 Å². The van der Waals surface area contributed by atoms with Crippen molar-refractivity contribution in [1.29, 1.82) is 0 Å². The second kappa shape index (κ2) is 6.13. The van der Waals surface area contributed by atoms with E-state index in [2.05, 4.69) is 10.1 Å². The van der Waals surface area contributed by atoms with Crippen LogP contribution in [0.3, 0.4) is 0 Å². The molecule has 1 N–H and O–H groups in total. The molecule has 2 rings (SSSR count). The summed E-state index contributed by atoms with van der Waals surface area (Å²) in [6.45, 7) is -0.0231. The highest BCUT2D eigenvalue weighted by Gasteiger charge is 2.49. The van der Waals surface area contributed by atoms with Crippen LogP contribution in [0.5, 0.6) is 0 Å². The van der Waals surface area contributed by atoms with Crippen LogP contribution in [-0.4, -0.2) is 31.0 Å². The summed E-state index contributed by atoms with van der Waals surface area (Å²) in [7, 11) is 0. The summed E-state index contributed by atoms with van der Waals surface area (Å²) >= 11 is 0. The van der Waals surface area contributed by atoms with E-state index in [4.69, 9.17) is 4.74 Å². The molecule has 2 atom stereocenters. The molecule has 1 fully saturated rings. The van der Waals surface area contributed by atoms with Crippen LogP contribution in [0.4, 0.5) is 18.0 Å². The first-order chi connectivity index (χ1) is 9.47. The standard InChI is InChI=1S/C13H14F3NO3/c14-13(15,16)11-10(6-7-19-11)17-12(18)20-8-9-4-2-1-3-5-9/h1-5,10-11H,6-8H2,(H,17,18). The number of amides is 1. The van der Waals surface area contributed by atoms with Gasteiger partial charge in [-0.15, -0.1) is 0 Å². The van der Waals surface area contributed by atoms with Crippen molar-refractivity contribution in [3.05, 3.63) is 35.9 Å². The highest BCUT2D eigenvalue weighted by Crippen LogP contribution is 2.30. The first-order valence-electron chi connectivity index (χ1n) is 6.12. The van der Waals surface area contributed by atoms with Crippen molar-refractivity contribution in [3.8, 4) is 0 Å². The highest BCUT2D eigenvalue weighted by molar-refractivity contribution is 5.67. The molecule has 0 aliphatic carbocycles. The number of carbonyl (C=O) groups is 1. The molecule has 1 aromatic rings. The zero-order valence-corrected chi connectivity index (χ0v) is 10.5. The number of hydrogen-bond donors (Lipinski definition) is 1. The van der Waals surface area contributed by atoms with Crippen molar-refractivity contribution >= 4 is 6.09 Å². The van der Waals surface area contributed by atoms with Crippen LogP contribution in [-0.2, 0) is 16.1 Å². The molecule has 2 unspecified atom stereocenters. The van der Waals surface area contributed by atoms with Gasteiger partial charge in [0.1, 0.15) is 6.61 Å². The smallest absolute Gasteiger partial charge is 0.416 e. The van der Waals surface area contributed by atoms with Crippen LogP contribution < -0.4 is 5.32 Å². The number of carbonyl (C=O) groups excluding carboxylic acids is 1. The molecule has 0 aromatic heterocycles. The van der Waals surface area contributed by atoms with Gasteiger partial charge in [0.15, 0.2) is 6.10 Å². The lowest BCUT2D eigenvalue weighted by Gasteiger charge is -2.21. The minimum Gasteiger partial charge on any atom is -0.445 e. The van der Waals surface area contributed by atoms with Crippen LogP contribution >= 0.6 is 0 Å². The van der Waals surface area contributed by atoms with Crippen LogP contribution in [0.15, 0.2) is 30.3 Å². The van der Waals surface area contributed by atoms with Crippen LogP contribution in [0.2, 0.25) is 0 Å². The van der Waals surface area contributed by atoms with Gasteiger partial charge in [-0.1, -0.05) is 30.3 Å². The molecule has 1 aromatic carbocycles. The third-order valence-electron chi connectivity index (χ3n) is 2.93. The molecule has 1 aliphatic heterocycles. The fourth-order valence-corrected chi connectivity index (χ4v) is 1.98. The minimum atomic E-state index is -4.49. The van der Waals surface area contributed by atoms with Gasteiger partial charge in [-0.3, -0.25) is 0 Å². The van der Waals surface area contributed by atoms with E-state index in [1.54, 1.807) is 24.3 Å². The Labute approximate surface area is 113 Å². The molecule has 0 radical (unpaired) electrons. The van der Waals surface area contributed by atoms with Gasteiger partial charge in [-0.2, -0.15) is 13.2 Å².